The molecule has 0 fully saturated rings. The molecule has 1 atom stereocenters. The lowest BCUT2D eigenvalue weighted by Crippen LogP contribution is -2.49. The number of halogens is 5. The summed E-state index contributed by atoms with van der Waals surface area (Å²) in [6.45, 7) is 1.52. The molecule has 1 amide bonds. The fourth-order valence-corrected chi connectivity index (χ4v) is 5.63. The molecule has 34 heavy (non-hydrogen) atoms. The van der Waals surface area contributed by atoms with Gasteiger partial charge >= 0.3 is 0 Å². The Bertz CT molecular complexity index is 1300. The van der Waals surface area contributed by atoms with Crippen molar-refractivity contribution in [1.82, 2.24) is 5.32 Å². The number of nitrogens with one attached hydrogen (secondary N) is 1. The van der Waals surface area contributed by atoms with Gasteiger partial charge in [0, 0.05) is 26.6 Å². The lowest BCUT2D eigenvalue weighted by Gasteiger charge is -2.30. The van der Waals surface area contributed by atoms with E-state index in [9.17, 15) is 17.6 Å². The van der Waals surface area contributed by atoms with Gasteiger partial charge in [0.15, 0.2) is 0 Å². The number of hydrogen-bond acceptors (Lipinski definition) is 3. The summed E-state index contributed by atoms with van der Waals surface area (Å²) in [6.07, 6.45) is 0.379. The lowest BCUT2D eigenvalue weighted by molar-refractivity contribution is -0.121. The van der Waals surface area contributed by atoms with Gasteiger partial charge in [0.25, 0.3) is 10.0 Å². The van der Waals surface area contributed by atoms with Crippen molar-refractivity contribution in [3.8, 4) is 0 Å². The minimum absolute atomic E-state index is 0.109. The summed E-state index contributed by atoms with van der Waals surface area (Å²) < 4.78 is 42.4. The van der Waals surface area contributed by atoms with E-state index in [4.69, 9.17) is 46.4 Å². The zero-order chi connectivity index (χ0) is 25.0. The minimum Gasteiger partial charge on any atom is -0.354 e. The van der Waals surface area contributed by atoms with E-state index in [-0.39, 0.29) is 22.2 Å². The fraction of sp³-hybridized carbons (Fsp3) is 0.174. The molecule has 0 saturated heterocycles. The molecule has 180 valence electrons. The number of anilines is 1. The molecule has 0 radical (unpaired) electrons. The monoisotopic (exact) mass is 562 g/mol. The van der Waals surface area contributed by atoms with Gasteiger partial charge in [-0.2, -0.15) is 0 Å². The predicted octanol–water partition coefficient (Wildman–Crippen LogP) is 6.38. The summed E-state index contributed by atoms with van der Waals surface area (Å²) in [7, 11) is -4.36. The van der Waals surface area contributed by atoms with E-state index in [0.717, 1.165) is 17.7 Å². The zero-order valence-corrected chi connectivity index (χ0v) is 21.6. The van der Waals surface area contributed by atoms with Gasteiger partial charge < -0.3 is 5.32 Å². The maximum Gasteiger partial charge on any atom is 0.265 e. The minimum atomic E-state index is -4.36. The van der Waals surface area contributed by atoms with E-state index in [1.54, 1.807) is 18.2 Å². The van der Waals surface area contributed by atoms with Crippen LogP contribution in [0.4, 0.5) is 10.1 Å². The Kier molecular flexibility index (Phi) is 8.71. The van der Waals surface area contributed by atoms with Crippen LogP contribution in [0, 0.1) is 5.82 Å². The zero-order valence-electron chi connectivity index (χ0n) is 17.7. The summed E-state index contributed by atoms with van der Waals surface area (Å²) >= 11 is 23.9. The Balaban J connectivity index is 1.90. The molecular formula is C23H19Cl4FN2O3S. The van der Waals surface area contributed by atoms with Gasteiger partial charge in [0.05, 0.1) is 10.6 Å². The second kappa shape index (κ2) is 11.1. The number of amides is 1. The Labute approximate surface area is 217 Å². The van der Waals surface area contributed by atoms with Crippen molar-refractivity contribution in [2.75, 3.05) is 10.8 Å². The molecule has 1 unspecified atom stereocenters. The van der Waals surface area contributed by atoms with E-state index >= 15 is 0 Å². The smallest absolute Gasteiger partial charge is 0.265 e. The van der Waals surface area contributed by atoms with Crippen molar-refractivity contribution in [2.45, 2.75) is 24.3 Å². The SMILES string of the molecule is CC(C(=O)NCCc1ccc(Cl)cc1Cl)N(c1cc(Cl)ccc1F)S(=O)(=O)c1ccc(Cl)cc1. The van der Waals surface area contributed by atoms with Crippen molar-refractivity contribution < 1.29 is 17.6 Å². The number of sulfonamides is 1. The largest absolute Gasteiger partial charge is 0.354 e. The third kappa shape index (κ3) is 6.15. The van der Waals surface area contributed by atoms with Crippen molar-refractivity contribution in [3.05, 3.63) is 92.1 Å². The van der Waals surface area contributed by atoms with Crippen LogP contribution in [0.15, 0.2) is 65.6 Å². The summed E-state index contributed by atoms with van der Waals surface area (Å²) in [5, 5.41) is 4.04. The highest BCUT2D eigenvalue weighted by molar-refractivity contribution is 7.93. The van der Waals surface area contributed by atoms with Gasteiger partial charge in [-0.25, -0.2) is 12.8 Å². The number of nitrogens with zero attached hydrogens (tertiary/aromatic N) is 1. The van der Waals surface area contributed by atoms with Crippen molar-refractivity contribution in [2.24, 2.45) is 0 Å². The first kappa shape index (κ1) is 26.6. The maximum absolute atomic E-state index is 14.8. The average molecular weight is 564 g/mol. The Morgan fingerprint density at radius 1 is 0.941 bits per heavy atom. The van der Waals surface area contributed by atoms with Gasteiger partial charge in [0.1, 0.15) is 11.9 Å². The third-order valence-corrected chi connectivity index (χ3v) is 7.93. The van der Waals surface area contributed by atoms with Crippen molar-refractivity contribution >= 4 is 68.0 Å². The molecule has 11 heteroatoms. The molecule has 0 aliphatic carbocycles. The highest BCUT2D eigenvalue weighted by atomic mass is 35.5. The van der Waals surface area contributed by atoms with Crippen molar-refractivity contribution in [1.29, 1.82) is 0 Å². The predicted molar refractivity (Wildman–Crippen MR) is 135 cm³/mol. The molecular weight excluding hydrogens is 545 g/mol. The van der Waals surface area contributed by atoms with Crippen LogP contribution >= 0.6 is 46.4 Å². The molecule has 5 nitrogen and oxygen atoms in total. The first-order chi connectivity index (χ1) is 16.0. The highest BCUT2D eigenvalue weighted by Gasteiger charge is 2.35. The van der Waals surface area contributed by atoms with Gasteiger partial charge in [-0.05, 0) is 73.5 Å². The van der Waals surface area contributed by atoms with E-state index in [1.165, 1.54) is 37.3 Å². The molecule has 0 saturated carbocycles. The Morgan fingerprint density at radius 3 is 2.18 bits per heavy atom. The van der Waals surface area contributed by atoms with Crippen LogP contribution in [0.2, 0.25) is 20.1 Å². The molecule has 0 aromatic heterocycles. The topological polar surface area (TPSA) is 66.5 Å². The first-order valence-corrected chi connectivity index (χ1v) is 12.9. The number of rotatable bonds is 8. The van der Waals surface area contributed by atoms with Crippen LogP contribution in [0.5, 0.6) is 0 Å². The number of benzene rings is 3. The second-order valence-electron chi connectivity index (χ2n) is 7.30. The number of carbonyl (C=O) groups is 1. The lowest BCUT2D eigenvalue weighted by atomic mass is 10.1. The van der Waals surface area contributed by atoms with Crippen LogP contribution < -0.4 is 9.62 Å². The van der Waals surface area contributed by atoms with Gasteiger partial charge in [-0.3, -0.25) is 9.10 Å². The molecule has 0 heterocycles. The van der Waals surface area contributed by atoms with Crippen LogP contribution in [0.25, 0.3) is 0 Å². The molecule has 3 aromatic carbocycles. The van der Waals surface area contributed by atoms with Crippen LogP contribution in [0.3, 0.4) is 0 Å². The molecule has 3 rings (SSSR count). The van der Waals surface area contributed by atoms with E-state index in [0.29, 0.717) is 25.8 Å². The number of hydrogen-bond donors (Lipinski definition) is 1. The summed E-state index contributed by atoms with van der Waals surface area (Å²) in [5.41, 5.74) is 0.399. The van der Waals surface area contributed by atoms with Crippen LogP contribution in [-0.2, 0) is 21.2 Å². The van der Waals surface area contributed by atoms with Gasteiger partial charge in [0.2, 0.25) is 5.91 Å². The number of carbonyl (C=O) groups excluding carboxylic acids is 1. The third-order valence-electron chi connectivity index (χ3n) is 4.96. The molecule has 0 spiro atoms. The average Bonchev–Trinajstić information content (AvgIpc) is 2.77. The Morgan fingerprint density at radius 2 is 1.53 bits per heavy atom. The Hall–Kier alpha value is -2.03. The molecule has 1 N–H and O–H groups in total. The standard InChI is InChI=1S/C23H19Cl4FN2O3S/c1-14(23(31)29-11-10-15-2-3-17(25)12-20(15)27)30(22-13-18(26)6-9-21(22)28)34(32,33)19-7-4-16(24)5-8-19/h2-9,12-14H,10-11H2,1H3,(H,29,31). The molecule has 0 aliphatic rings. The van der Waals surface area contributed by atoms with E-state index in [2.05, 4.69) is 5.32 Å². The quantitative estimate of drug-likeness (QED) is 0.346. The highest BCUT2D eigenvalue weighted by Crippen LogP contribution is 2.31. The van der Waals surface area contributed by atoms with E-state index in [1.807, 2.05) is 0 Å². The molecule has 0 aliphatic heterocycles. The normalized spacial score (nSPS) is 12.3. The summed E-state index contributed by atoms with van der Waals surface area (Å²) in [5.74, 6) is -1.49. The van der Waals surface area contributed by atoms with E-state index < -0.39 is 27.8 Å². The van der Waals surface area contributed by atoms with Crippen molar-refractivity contribution in [3.63, 3.8) is 0 Å². The summed E-state index contributed by atoms with van der Waals surface area (Å²) in [6, 6.07) is 12.5. The fourth-order valence-electron chi connectivity index (χ4n) is 3.22. The molecule has 0 bridgehead atoms. The van der Waals surface area contributed by atoms with Crippen LogP contribution in [-0.4, -0.2) is 26.9 Å². The summed E-state index contributed by atoms with van der Waals surface area (Å²) in [4.78, 5) is 12.8. The van der Waals surface area contributed by atoms with Gasteiger partial charge in [-0.1, -0.05) is 52.5 Å². The van der Waals surface area contributed by atoms with Crippen LogP contribution in [0.1, 0.15) is 12.5 Å². The molecule has 3 aromatic rings. The van der Waals surface area contributed by atoms with Gasteiger partial charge in [-0.15, -0.1) is 0 Å². The second-order valence-corrected chi connectivity index (χ2v) is 10.8. The maximum atomic E-state index is 14.8. The first-order valence-electron chi connectivity index (χ1n) is 9.97.